The number of thiazole rings is 1. The van der Waals surface area contributed by atoms with Crippen LogP contribution in [-0.2, 0) is 6.18 Å². The summed E-state index contributed by atoms with van der Waals surface area (Å²) in [6.07, 6.45) is -3.84. The summed E-state index contributed by atoms with van der Waals surface area (Å²) in [6.45, 7) is 2.04. The number of hydrogen-bond acceptors (Lipinski definition) is 2. The predicted molar refractivity (Wildman–Crippen MR) is 111 cm³/mol. The third-order valence-corrected chi connectivity index (χ3v) is 7.64. The second-order valence-electron chi connectivity index (χ2n) is 7.17. The van der Waals surface area contributed by atoms with Gasteiger partial charge in [-0.3, -0.25) is 0 Å². The van der Waals surface area contributed by atoms with Gasteiger partial charge in [0.05, 0.1) is 15.8 Å². The summed E-state index contributed by atoms with van der Waals surface area (Å²) in [5, 5.41) is 5.28. The Bertz CT molecular complexity index is 1120. The van der Waals surface area contributed by atoms with E-state index in [-0.39, 0.29) is 0 Å². The van der Waals surface area contributed by atoms with Gasteiger partial charge >= 0.3 is 12.5 Å². The van der Waals surface area contributed by atoms with E-state index in [0.29, 0.717) is 0 Å². The molecule has 0 aliphatic carbocycles. The lowest BCUT2D eigenvalue weighted by Crippen LogP contribution is -2.82. The molecule has 7 heteroatoms. The number of thiophene rings is 1. The van der Waals surface area contributed by atoms with Crippen LogP contribution in [0, 0.1) is 6.92 Å². The molecule has 5 rings (SSSR count). The highest BCUT2D eigenvalue weighted by Gasteiger charge is 2.51. The minimum absolute atomic E-state index is 0.620. The number of benzene rings is 2. The maximum atomic E-state index is 13.1. The van der Waals surface area contributed by atoms with Gasteiger partial charge in [0.15, 0.2) is 0 Å². The van der Waals surface area contributed by atoms with E-state index in [0.717, 1.165) is 21.5 Å². The minimum atomic E-state index is -4.34. The molecule has 0 bridgehead atoms. The van der Waals surface area contributed by atoms with Gasteiger partial charge < -0.3 is 4.48 Å². The molecular weight excluding hydrogens is 398 g/mol. The highest BCUT2D eigenvalue weighted by atomic mass is 32.1. The Balaban J connectivity index is 1.83. The van der Waals surface area contributed by atoms with Crippen LogP contribution < -0.4 is 20.9 Å². The average molecular weight is 413 g/mol. The molecular formula is C21H15BF3NS2. The molecule has 0 N–H and O–H groups in total. The van der Waals surface area contributed by atoms with Crippen LogP contribution in [0.5, 0.6) is 0 Å². The van der Waals surface area contributed by atoms with E-state index >= 15 is 0 Å². The van der Waals surface area contributed by atoms with Crippen molar-refractivity contribution in [1.29, 1.82) is 0 Å². The van der Waals surface area contributed by atoms with E-state index in [2.05, 4.69) is 46.4 Å². The number of aromatic nitrogens is 1. The molecule has 1 atom stereocenters. The van der Waals surface area contributed by atoms with Crippen LogP contribution in [0.2, 0.25) is 0 Å². The summed E-state index contributed by atoms with van der Waals surface area (Å²) in [5.41, 5.74) is 3.71. The van der Waals surface area contributed by atoms with Gasteiger partial charge in [-0.15, -0.1) is 27.7 Å². The fourth-order valence-electron chi connectivity index (χ4n) is 4.40. The van der Waals surface area contributed by atoms with Crippen LogP contribution in [0.15, 0.2) is 71.6 Å². The van der Waals surface area contributed by atoms with Crippen molar-refractivity contribution in [2.24, 2.45) is 0 Å². The van der Waals surface area contributed by atoms with E-state index in [1.54, 1.807) is 34.8 Å². The third kappa shape index (κ3) is 2.36. The first-order valence-electron chi connectivity index (χ1n) is 8.90. The first kappa shape index (κ1) is 17.7. The molecule has 0 saturated carbocycles. The maximum Gasteiger partial charge on any atom is 0.416 e. The molecule has 4 aromatic rings. The lowest BCUT2D eigenvalue weighted by molar-refractivity contribution is -0.518. The van der Waals surface area contributed by atoms with Crippen LogP contribution in [0.1, 0.15) is 11.1 Å². The second kappa shape index (κ2) is 6.06. The molecule has 1 aliphatic rings. The van der Waals surface area contributed by atoms with Gasteiger partial charge in [0.1, 0.15) is 6.20 Å². The van der Waals surface area contributed by atoms with Gasteiger partial charge in [0.25, 0.3) is 0 Å². The van der Waals surface area contributed by atoms with E-state index in [9.17, 15) is 13.2 Å². The number of alkyl halides is 3. The summed E-state index contributed by atoms with van der Waals surface area (Å²) in [7, 11) is 0. The molecule has 0 saturated heterocycles. The minimum Gasteiger partial charge on any atom is -0.397 e. The topological polar surface area (TPSA) is 3.88 Å². The SMILES string of the molecule is Cc1ccc([B-]2(c3ccc(C(F)(F)F)cc3)c3ccsc3-c3scc[n+]32)cc1. The van der Waals surface area contributed by atoms with Crippen molar-refractivity contribution in [3.8, 4) is 9.88 Å². The summed E-state index contributed by atoms with van der Waals surface area (Å²) < 4.78 is 41.7. The molecule has 2 aromatic carbocycles. The molecule has 0 fully saturated rings. The van der Waals surface area contributed by atoms with E-state index in [1.165, 1.54) is 22.5 Å². The zero-order chi connectivity index (χ0) is 19.5. The zero-order valence-corrected chi connectivity index (χ0v) is 16.5. The Kier molecular flexibility index (Phi) is 3.83. The number of rotatable bonds is 2. The van der Waals surface area contributed by atoms with Crippen LogP contribution in [0.25, 0.3) is 9.88 Å². The molecule has 28 heavy (non-hydrogen) atoms. The highest BCUT2D eigenvalue weighted by molar-refractivity contribution is 7.24. The third-order valence-electron chi connectivity index (χ3n) is 5.67. The standard InChI is InChI=1S/C21H15BF3NS2/c1-14-2-6-16(7-3-14)22(17-8-4-15(5-9-17)21(23,24)25)18-10-12-27-19(18)20-26(22)11-13-28-20/h2-13H,1H3. The van der Waals surface area contributed by atoms with E-state index in [1.807, 2.05) is 12.3 Å². The quantitative estimate of drug-likeness (QED) is 0.387. The number of fused-ring (bicyclic) bond motifs is 3. The molecule has 0 radical (unpaired) electrons. The first-order valence-corrected chi connectivity index (χ1v) is 10.7. The van der Waals surface area contributed by atoms with Gasteiger partial charge in [0, 0.05) is 0 Å². The lowest BCUT2D eigenvalue weighted by Gasteiger charge is -2.32. The van der Waals surface area contributed by atoms with Crippen molar-refractivity contribution < 1.29 is 17.6 Å². The maximum absolute atomic E-state index is 13.1. The molecule has 2 aromatic heterocycles. The molecule has 1 nitrogen and oxygen atoms in total. The Labute approximate surface area is 168 Å². The number of hydrogen-bond donors (Lipinski definition) is 0. The first-order chi connectivity index (χ1) is 13.4. The Morgan fingerprint density at radius 2 is 1.46 bits per heavy atom. The fourth-order valence-corrected chi connectivity index (χ4v) is 6.51. The van der Waals surface area contributed by atoms with Crippen molar-refractivity contribution in [2.75, 3.05) is 0 Å². The Morgan fingerprint density at radius 3 is 2.11 bits per heavy atom. The molecule has 1 unspecified atom stereocenters. The van der Waals surface area contributed by atoms with Gasteiger partial charge in [-0.25, -0.2) is 0 Å². The van der Waals surface area contributed by atoms with Crippen molar-refractivity contribution in [3.05, 3.63) is 82.7 Å². The van der Waals surface area contributed by atoms with Gasteiger partial charge in [0.2, 0.25) is 5.01 Å². The lowest BCUT2D eigenvalue weighted by atomic mass is 9.25. The second-order valence-corrected chi connectivity index (χ2v) is 8.98. The molecule has 140 valence electrons. The predicted octanol–water partition coefficient (Wildman–Crippen LogP) is 3.92. The summed E-state index contributed by atoms with van der Waals surface area (Å²) >= 11 is 3.36. The van der Waals surface area contributed by atoms with Gasteiger partial charge in [-0.1, -0.05) is 71.5 Å². The fraction of sp³-hybridized carbons (Fsp3) is 0.0952. The largest absolute Gasteiger partial charge is 0.416 e. The van der Waals surface area contributed by atoms with Crippen LogP contribution >= 0.6 is 22.7 Å². The summed E-state index contributed by atoms with van der Waals surface area (Å²) in [6, 6.07) is 16.2. The van der Waals surface area contributed by atoms with E-state index in [4.69, 9.17) is 0 Å². The molecule has 0 amide bonds. The number of aryl methyl sites for hydroxylation is 1. The van der Waals surface area contributed by atoms with E-state index < -0.39 is 18.0 Å². The van der Waals surface area contributed by atoms with Crippen molar-refractivity contribution in [2.45, 2.75) is 13.1 Å². The molecule has 3 heterocycles. The molecule has 1 aliphatic heterocycles. The summed E-state index contributed by atoms with van der Waals surface area (Å²) in [5.74, 6) is 0. The average Bonchev–Trinajstić information content (AvgIpc) is 3.36. The normalized spacial score (nSPS) is 18.1. The Morgan fingerprint density at radius 1 is 0.821 bits per heavy atom. The van der Waals surface area contributed by atoms with Crippen LogP contribution in [0.4, 0.5) is 13.2 Å². The number of nitrogens with zero attached hydrogens (tertiary/aromatic N) is 1. The van der Waals surface area contributed by atoms with Crippen LogP contribution in [0.3, 0.4) is 0 Å². The Hall–Kier alpha value is -2.38. The zero-order valence-electron chi connectivity index (χ0n) is 14.9. The summed E-state index contributed by atoms with van der Waals surface area (Å²) in [4.78, 5) is 1.20. The van der Waals surface area contributed by atoms with Crippen molar-refractivity contribution in [1.82, 2.24) is 0 Å². The monoisotopic (exact) mass is 413 g/mol. The highest BCUT2D eigenvalue weighted by Crippen LogP contribution is 2.33. The smallest absolute Gasteiger partial charge is 0.397 e. The van der Waals surface area contributed by atoms with Gasteiger partial charge in [-0.2, -0.15) is 13.2 Å². The number of halogens is 3. The van der Waals surface area contributed by atoms with Crippen molar-refractivity contribution in [3.63, 3.8) is 0 Å². The van der Waals surface area contributed by atoms with Gasteiger partial charge in [-0.05, 0) is 12.3 Å². The molecule has 0 spiro atoms. The van der Waals surface area contributed by atoms with Crippen molar-refractivity contribution >= 4 is 45.3 Å². The van der Waals surface area contributed by atoms with Crippen LogP contribution in [-0.4, -0.2) is 6.28 Å².